The second kappa shape index (κ2) is 9.91. The molecule has 3 aromatic heterocycles. The summed E-state index contributed by atoms with van der Waals surface area (Å²) in [5, 5.41) is 0. The van der Waals surface area contributed by atoms with Crippen molar-refractivity contribution < 1.29 is 18.3 Å². The number of halogens is 2. The Hall–Kier alpha value is -3.64. The van der Waals surface area contributed by atoms with Crippen LogP contribution in [0.3, 0.4) is 0 Å². The molecule has 1 amide bonds. The number of piperidine rings is 1. The van der Waals surface area contributed by atoms with Gasteiger partial charge in [0.25, 0.3) is 0 Å². The summed E-state index contributed by atoms with van der Waals surface area (Å²) in [5.41, 5.74) is 10.0. The van der Waals surface area contributed by atoms with Gasteiger partial charge in [0.1, 0.15) is 6.10 Å². The Balaban J connectivity index is 1.16. The third-order valence-electron chi connectivity index (χ3n) is 7.61. The van der Waals surface area contributed by atoms with Gasteiger partial charge in [-0.2, -0.15) is 0 Å². The van der Waals surface area contributed by atoms with Gasteiger partial charge in [-0.15, -0.1) is 11.3 Å². The van der Waals surface area contributed by atoms with Gasteiger partial charge in [-0.3, -0.25) is 9.55 Å². The number of hydrogen-bond acceptors (Lipinski definition) is 7. The fourth-order valence-electron chi connectivity index (χ4n) is 5.68. The molecule has 9 nitrogen and oxygen atoms in total. The first-order valence-corrected chi connectivity index (χ1v) is 13.4. The Kier molecular flexibility index (Phi) is 6.44. The van der Waals surface area contributed by atoms with Gasteiger partial charge in [-0.25, -0.2) is 28.3 Å². The highest BCUT2D eigenvalue weighted by Crippen LogP contribution is 2.45. The summed E-state index contributed by atoms with van der Waals surface area (Å²) in [7, 11) is 0. The number of nitrogens with two attached hydrogens (primary N) is 1. The van der Waals surface area contributed by atoms with Crippen molar-refractivity contribution in [3.05, 3.63) is 80.3 Å². The Morgan fingerprint density at radius 1 is 1.11 bits per heavy atom. The van der Waals surface area contributed by atoms with Crippen molar-refractivity contribution in [2.75, 3.05) is 13.1 Å². The number of benzene rings is 1. The maximum atomic E-state index is 14.6. The number of thiazole rings is 1. The van der Waals surface area contributed by atoms with E-state index < -0.39 is 35.8 Å². The number of aromatic amines is 1. The van der Waals surface area contributed by atoms with Crippen LogP contribution in [0.5, 0.6) is 0 Å². The number of carbonyl (C=O) groups excluding carboxylic acids is 1. The molecule has 12 heteroatoms. The van der Waals surface area contributed by atoms with Gasteiger partial charge in [0.2, 0.25) is 0 Å². The first-order valence-electron chi connectivity index (χ1n) is 12.6. The molecule has 1 aromatic carbocycles. The monoisotopic (exact) mass is 540 g/mol. The Morgan fingerprint density at radius 2 is 1.92 bits per heavy atom. The molecule has 1 fully saturated rings. The second-order valence-corrected chi connectivity index (χ2v) is 10.6. The number of fused-ring (bicyclic) bond motifs is 2. The number of pyridine rings is 1. The van der Waals surface area contributed by atoms with Crippen molar-refractivity contribution in [2.45, 2.75) is 49.8 Å². The van der Waals surface area contributed by atoms with Crippen molar-refractivity contribution >= 4 is 28.6 Å². The molecule has 38 heavy (non-hydrogen) atoms. The topological polar surface area (TPSA) is 119 Å². The molecule has 0 spiro atoms. The molecule has 4 heterocycles. The summed E-state index contributed by atoms with van der Waals surface area (Å²) in [6.07, 6.45) is 2.49. The summed E-state index contributed by atoms with van der Waals surface area (Å²) in [5.74, 6) is -2.29. The van der Waals surface area contributed by atoms with Gasteiger partial charge in [-0.1, -0.05) is 12.1 Å². The van der Waals surface area contributed by atoms with E-state index in [0.29, 0.717) is 55.0 Å². The highest BCUT2D eigenvalue weighted by Gasteiger charge is 2.37. The molecule has 1 aliphatic carbocycles. The molecule has 1 saturated heterocycles. The fourth-order valence-corrected chi connectivity index (χ4v) is 6.59. The van der Waals surface area contributed by atoms with Crippen molar-refractivity contribution in [1.29, 1.82) is 0 Å². The number of imidazole rings is 1. The summed E-state index contributed by atoms with van der Waals surface area (Å²) >= 11 is 1.33. The van der Waals surface area contributed by atoms with Crippen LogP contribution in [-0.2, 0) is 4.74 Å². The van der Waals surface area contributed by atoms with Gasteiger partial charge < -0.3 is 15.4 Å². The average molecular weight is 541 g/mol. The third kappa shape index (κ3) is 4.27. The van der Waals surface area contributed by atoms with E-state index >= 15 is 0 Å². The summed E-state index contributed by atoms with van der Waals surface area (Å²) < 4.78 is 36.2. The maximum Gasteiger partial charge on any atom is 0.410 e. The maximum absolute atomic E-state index is 14.6. The van der Waals surface area contributed by atoms with Crippen LogP contribution >= 0.6 is 11.3 Å². The van der Waals surface area contributed by atoms with E-state index in [1.54, 1.807) is 33.3 Å². The Morgan fingerprint density at radius 3 is 2.74 bits per heavy atom. The molecule has 4 aromatic rings. The van der Waals surface area contributed by atoms with E-state index in [4.69, 9.17) is 10.5 Å². The molecule has 6 rings (SSSR count). The van der Waals surface area contributed by atoms with Crippen LogP contribution in [0.1, 0.15) is 65.9 Å². The SMILES string of the molecule is NC1c2scnc2C(OC(=O)N2CCC(n3c(=O)[nH]c4ncccc43)CC2)CCC1c1cccc(F)c1F. The minimum Gasteiger partial charge on any atom is -0.440 e. The Bertz CT molecular complexity index is 1540. The van der Waals surface area contributed by atoms with Gasteiger partial charge in [0, 0.05) is 42.2 Å². The van der Waals surface area contributed by atoms with Crippen molar-refractivity contribution in [2.24, 2.45) is 5.73 Å². The quantitative estimate of drug-likeness (QED) is 0.368. The zero-order valence-corrected chi connectivity index (χ0v) is 21.2. The number of H-pyrrole nitrogens is 1. The third-order valence-corrected chi connectivity index (χ3v) is 8.55. The number of hydrogen-bond donors (Lipinski definition) is 2. The molecular formula is C26H26F2N6O3S. The zero-order chi connectivity index (χ0) is 26.4. The first kappa shape index (κ1) is 24.7. The lowest BCUT2D eigenvalue weighted by Crippen LogP contribution is -2.41. The van der Waals surface area contributed by atoms with Crippen molar-refractivity contribution in [3.63, 3.8) is 0 Å². The van der Waals surface area contributed by atoms with E-state index in [1.165, 1.54) is 17.4 Å². The molecule has 0 bridgehead atoms. The number of nitrogens with zero attached hydrogens (tertiary/aromatic N) is 4. The van der Waals surface area contributed by atoms with E-state index in [-0.39, 0.29) is 17.3 Å². The van der Waals surface area contributed by atoms with E-state index in [0.717, 1.165) is 11.6 Å². The van der Waals surface area contributed by atoms with Gasteiger partial charge in [-0.05, 0) is 49.4 Å². The molecule has 1 aliphatic heterocycles. The normalized spacial score (nSPS) is 22.3. The minimum absolute atomic E-state index is 0.0626. The first-order chi connectivity index (χ1) is 18.4. The molecule has 2 aliphatic rings. The van der Waals surface area contributed by atoms with Gasteiger partial charge in [0.05, 0.1) is 16.7 Å². The largest absolute Gasteiger partial charge is 0.440 e. The van der Waals surface area contributed by atoms with Crippen LogP contribution in [0.25, 0.3) is 11.2 Å². The summed E-state index contributed by atoms with van der Waals surface area (Å²) in [6, 6.07) is 7.09. The predicted octanol–water partition coefficient (Wildman–Crippen LogP) is 4.55. The van der Waals surface area contributed by atoms with Crippen LogP contribution in [0.15, 0.2) is 46.8 Å². The van der Waals surface area contributed by atoms with E-state index in [9.17, 15) is 18.4 Å². The van der Waals surface area contributed by atoms with E-state index in [2.05, 4.69) is 15.0 Å². The molecule has 198 valence electrons. The van der Waals surface area contributed by atoms with E-state index in [1.807, 2.05) is 6.07 Å². The van der Waals surface area contributed by atoms with Crippen LogP contribution in [-0.4, -0.2) is 43.6 Å². The number of aromatic nitrogens is 4. The van der Waals surface area contributed by atoms with Crippen LogP contribution in [0.4, 0.5) is 13.6 Å². The van der Waals surface area contributed by atoms with Crippen molar-refractivity contribution in [3.8, 4) is 0 Å². The molecular weight excluding hydrogens is 514 g/mol. The van der Waals surface area contributed by atoms with Crippen molar-refractivity contribution in [1.82, 2.24) is 24.4 Å². The fraction of sp³-hybridized carbons (Fsp3) is 0.385. The lowest BCUT2D eigenvalue weighted by molar-refractivity contribution is 0.0474. The highest BCUT2D eigenvalue weighted by molar-refractivity contribution is 7.09. The number of likely N-dealkylation sites (tertiary alicyclic amines) is 1. The van der Waals surface area contributed by atoms with Gasteiger partial charge in [0.15, 0.2) is 17.3 Å². The molecule has 3 N–H and O–H groups in total. The number of carbonyl (C=O) groups is 1. The number of ether oxygens (including phenoxy) is 1. The summed E-state index contributed by atoms with van der Waals surface area (Å²) in [6.45, 7) is 0.853. The number of rotatable bonds is 3. The highest BCUT2D eigenvalue weighted by atomic mass is 32.1. The smallest absolute Gasteiger partial charge is 0.410 e. The predicted molar refractivity (Wildman–Crippen MR) is 137 cm³/mol. The number of nitrogens with one attached hydrogen (secondary N) is 1. The number of amides is 1. The molecule has 0 radical (unpaired) electrons. The summed E-state index contributed by atoms with van der Waals surface area (Å²) in [4.78, 5) is 39.5. The average Bonchev–Trinajstić information content (AvgIpc) is 3.51. The minimum atomic E-state index is -0.916. The molecule has 3 unspecified atom stereocenters. The second-order valence-electron chi connectivity index (χ2n) is 9.72. The van der Waals surface area contributed by atoms with Crippen LogP contribution in [0, 0.1) is 11.6 Å². The molecule has 3 atom stereocenters. The molecule has 0 saturated carbocycles. The zero-order valence-electron chi connectivity index (χ0n) is 20.3. The van der Waals surface area contributed by atoms with Crippen LogP contribution < -0.4 is 11.4 Å². The lowest BCUT2D eigenvalue weighted by atomic mass is 9.88. The van der Waals surface area contributed by atoms with Crippen LogP contribution in [0.2, 0.25) is 0 Å². The standard InChI is InChI=1S/C26H26F2N6O3S/c27-17-4-1-3-15(20(17)28)16-6-7-19(22-23(21(16)29)38-13-31-22)37-26(36)33-11-8-14(9-12-33)34-18-5-2-10-30-24(18)32-25(34)35/h1-5,10,13-14,16,19,21H,6-9,11-12,29H2,(H,30,32,35). The Labute approximate surface area is 220 Å². The van der Waals surface area contributed by atoms with Gasteiger partial charge >= 0.3 is 11.8 Å². The lowest BCUT2D eigenvalue weighted by Gasteiger charge is -2.32.